The normalized spacial score (nSPS) is 13.2. The molecular formula is C21H20F4O. The van der Waals surface area contributed by atoms with Gasteiger partial charge >= 0.3 is 6.18 Å². The van der Waals surface area contributed by atoms with Crippen LogP contribution in [0.5, 0.6) is 0 Å². The first-order valence-electron chi connectivity index (χ1n) is 8.27. The van der Waals surface area contributed by atoms with Gasteiger partial charge in [-0.25, -0.2) is 4.39 Å². The molecule has 2 aromatic carbocycles. The Balaban J connectivity index is 2.44. The van der Waals surface area contributed by atoms with Crippen molar-refractivity contribution < 1.29 is 22.4 Å². The molecule has 0 heterocycles. The van der Waals surface area contributed by atoms with E-state index in [0.717, 1.165) is 17.9 Å². The quantitative estimate of drug-likeness (QED) is 0.457. The van der Waals surface area contributed by atoms with E-state index in [4.69, 9.17) is 0 Å². The van der Waals surface area contributed by atoms with Gasteiger partial charge in [0.15, 0.2) is 0 Å². The number of hydrogen-bond acceptors (Lipinski definition) is 1. The van der Waals surface area contributed by atoms with Gasteiger partial charge < -0.3 is 0 Å². The number of allylic oxidation sites excluding steroid dienone is 1. The second-order valence-electron chi connectivity index (χ2n) is 6.28. The fourth-order valence-corrected chi connectivity index (χ4v) is 2.93. The van der Waals surface area contributed by atoms with Crippen molar-refractivity contribution >= 4 is 12.4 Å². The standard InChI is InChI=1S/C21H20F4O/c1-4-16-11-15(5-7-17(16)12-26)6-8-19(21(23,24)25)18-9-13(2)20(22)14(3)10-18/h5-12,19H,4H2,1-3H3/b8-6+. The Hall–Kier alpha value is -2.43. The summed E-state index contributed by atoms with van der Waals surface area (Å²) in [7, 11) is 0. The van der Waals surface area contributed by atoms with Crippen LogP contribution >= 0.6 is 0 Å². The second-order valence-corrected chi connectivity index (χ2v) is 6.28. The van der Waals surface area contributed by atoms with E-state index in [2.05, 4.69) is 0 Å². The van der Waals surface area contributed by atoms with E-state index in [9.17, 15) is 22.4 Å². The summed E-state index contributed by atoms with van der Waals surface area (Å²) in [5.41, 5.74) is 2.26. The summed E-state index contributed by atoms with van der Waals surface area (Å²) >= 11 is 0. The molecule has 1 atom stereocenters. The molecule has 0 saturated heterocycles. The minimum absolute atomic E-state index is 0.00498. The summed E-state index contributed by atoms with van der Waals surface area (Å²) in [5.74, 6) is -2.33. The number of carbonyl (C=O) groups is 1. The molecule has 0 aliphatic heterocycles. The largest absolute Gasteiger partial charge is 0.399 e. The van der Waals surface area contributed by atoms with Crippen LogP contribution < -0.4 is 0 Å². The molecule has 0 fully saturated rings. The molecule has 0 spiro atoms. The molecule has 2 aromatic rings. The van der Waals surface area contributed by atoms with Crippen LogP contribution in [0.4, 0.5) is 17.6 Å². The van der Waals surface area contributed by atoms with Gasteiger partial charge in [0.25, 0.3) is 0 Å². The van der Waals surface area contributed by atoms with E-state index in [-0.39, 0.29) is 16.7 Å². The third kappa shape index (κ3) is 4.40. The lowest BCUT2D eigenvalue weighted by atomic mass is 9.93. The molecular weight excluding hydrogens is 344 g/mol. The fraction of sp³-hybridized carbons (Fsp3) is 0.286. The van der Waals surface area contributed by atoms with Crippen molar-refractivity contribution in [3.05, 3.63) is 75.6 Å². The van der Waals surface area contributed by atoms with E-state index >= 15 is 0 Å². The van der Waals surface area contributed by atoms with Crippen molar-refractivity contribution in [3.8, 4) is 0 Å². The molecule has 1 unspecified atom stereocenters. The Labute approximate surface area is 150 Å². The summed E-state index contributed by atoms with van der Waals surface area (Å²) in [6.45, 7) is 4.78. The summed E-state index contributed by atoms with van der Waals surface area (Å²) in [6, 6.07) is 7.37. The van der Waals surface area contributed by atoms with Crippen molar-refractivity contribution in [2.24, 2.45) is 0 Å². The van der Waals surface area contributed by atoms with Crippen molar-refractivity contribution in [1.82, 2.24) is 0 Å². The molecule has 0 amide bonds. The minimum Gasteiger partial charge on any atom is -0.298 e. The molecule has 1 nitrogen and oxygen atoms in total. The van der Waals surface area contributed by atoms with Crippen LogP contribution in [0.3, 0.4) is 0 Å². The molecule has 0 aliphatic carbocycles. The maximum absolute atomic E-state index is 13.7. The van der Waals surface area contributed by atoms with E-state index < -0.39 is 17.9 Å². The van der Waals surface area contributed by atoms with Gasteiger partial charge in [-0.2, -0.15) is 13.2 Å². The number of rotatable bonds is 5. The Morgan fingerprint density at radius 3 is 2.19 bits per heavy atom. The summed E-state index contributed by atoms with van der Waals surface area (Å²) < 4.78 is 54.4. The highest BCUT2D eigenvalue weighted by molar-refractivity contribution is 5.78. The molecule has 26 heavy (non-hydrogen) atoms. The predicted molar refractivity (Wildman–Crippen MR) is 94.9 cm³/mol. The van der Waals surface area contributed by atoms with Crippen molar-refractivity contribution in [1.29, 1.82) is 0 Å². The second kappa shape index (κ2) is 7.85. The van der Waals surface area contributed by atoms with Gasteiger partial charge in [-0.1, -0.05) is 49.4 Å². The average Bonchev–Trinajstić information content (AvgIpc) is 2.58. The van der Waals surface area contributed by atoms with Gasteiger partial charge in [-0.15, -0.1) is 0 Å². The molecule has 0 radical (unpaired) electrons. The van der Waals surface area contributed by atoms with E-state index in [1.807, 2.05) is 6.92 Å². The molecule has 0 aromatic heterocycles. The first-order chi connectivity index (χ1) is 12.2. The first kappa shape index (κ1) is 19.9. The average molecular weight is 364 g/mol. The molecule has 138 valence electrons. The maximum Gasteiger partial charge on any atom is 0.399 e. The van der Waals surface area contributed by atoms with E-state index in [1.165, 1.54) is 32.1 Å². The zero-order valence-corrected chi connectivity index (χ0v) is 14.8. The lowest BCUT2D eigenvalue weighted by molar-refractivity contribution is -0.139. The highest BCUT2D eigenvalue weighted by Gasteiger charge is 2.39. The van der Waals surface area contributed by atoms with E-state index in [1.54, 1.807) is 18.2 Å². The lowest BCUT2D eigenvalue weighted by Crippen LogP contribution is -2.19. The molecule has 0 N–H and O–H groups in total. The topological polar surface area (TPSA) is 17.1 Å². The highest BCUT2D eigenvalue weighted by atomic mass is 19.4. The third-order valence-electron chi connectivity index (χ3n) is 4.33. The van der Waals surface area contributed by atoms with E-state index in [0.29, 0.717) is 17.5 Å². The number of halogens is 4. The number of aldehydes is 1. The van der Waals surface area contributed by atoms with Gasteiger partial charge in [0, 0.05) is 5.56 Å². The van der Waals surface area contributed by atoms with Gasteiger partial charge in [-0.3, -0.25) is 4.79 Å². The Kier molecular flexibility index (Phi) is 6.01. The number of aryl methyl sites for hydroxylation is 3. The van der Waals surface area contributed by atoms with Crippen LogP contribution in [0.2, 0.25) is 0 Å². The number of alkyl halides is 3. The van der Waals surface area contributed by atoms with Gasteiger partial charge in [0.05, 0.1) is 5.92 Å². The molecule has 0 bridgehead atoms. The maximum atomic E-state index is 13.7. The van der Waals surface area contributed by atoms with Crippen LogP contribution in [0.15, 0.2) is 36.4 Å². The zero-order chi connectivity index (χ0) is 19.5. The third-order valence-corrected chi connectivity index (χ3v) is 4.33. The minimum atomic E-state index is -4.50. The fourth-order valence-electron chi connectivity index (χ4n) is 2.93. The van der Waals surface area contributed by atoms with Crippen molar-refractivity contribution in [2.45, 2.75) is 39.3 Å². The van der Waals surface area contributed by atoms with Gasteiger partial charge in [0.1, 0.15) is 12.1 Å². The highest BCUT2D eigenvalue weighted by Crippen LogP contribution is 2.37. The molecule has 5 heteroatoms. The monoisotopic (exact) mass is 364 g/mol. The van der Waals surface area contributed by atoms with Gasteiger partial charge in [-0.05, 0) is 48.1 Å². The van der Waals surface area contributed by atoms with Crippen LogP contribution in [0.1, 0.15) is 51.0 Å². The van der Waals surface area contributed by atoms with Crippen molar-refractivity contribution in [2.75, 3.05) is 0 Å². The Bertz CT molecular complexity index is 811. The lowest BCUT2D eigenvalue weighted by Gasteiger charge is -2.19. The number of hydrogen-bond donors (Lipinski definition) is 0. The Morgan fingerprint density at radius 1 is 1.08 bits per heavy atom. The predicted octanol–water partition coefficient (Wildman–Crippen LogP) is 6.18. The van der Waals surface area contributed by atoms with Crippen molar-refractivity contribution in [3.63, 3.8) is 0 Å². The first-order valence-corrected chi connectivity index (χ1v) is 8.27. The Morgan fingerprint density at radius 2 is 1.69 bits per heavy atom. The summed E-state index contributed by atoms with van der Waals surface area (Å²) in [6.07, 6.45) is -0.700. The summed E-state index contributed by atoms with van der Waals surface area (Å²) in [4.78, 5) is 11.0. The molecule has 2 rings (SSSR count). The zero-order valence-electron chi connectivity index (χ0n) is 14.8. The van der Waals surface area contributed by atoms with Crippen LogP contribution in [0.25, 0.3) is 6.08 Å². The van der Waals surface area contributed by atoms with Crippen LogP contribution in [0, 0.1) is 19.7 Å². The molecule has 0 aliphatic rings. The number of carbonyl (C=O) groups excluding carboxylic acids is 1. The van der Waals surface area contributed by atoms with Crippen LogP contribution in [-0.2, 0) is 6.42 Å². The molecule has 0 saturated carbocycles. The SMILES string of the molecule is CCc1cc(/C=C/C(c2cc(C)c(F)c(C)c2)C(F)(F)F)ccc1C=O. The van der Waals surface area contributed by atoms with Crippen LogP contribution in [-0.4, -0.2) is 12.5 Å². The summed E-state index contributed by atoms with van der Waals surface area (Å²) in [5, 5.41) is 0. The van der Waals surface area contributed by atoms with Gasteiger partial charge in [0.2, 0.25) is 0 Å². The number of benzene rings is 2. The smallest absolute Gasteiger partial charge is 0.298 e.